The second-order valence-electron chi connectivity index (χ2n) is 4.93. The molecule has 0 saturated heterocycles. The summed E-state index contributed by atoms with van der Waals surface area (Å²) >= 11 is 0. The number of rotatable bonds is 1. The molecular weight excluding hydrogens is 242 g/mol. The van der Waals surface area contributed by atoms with Gasteiger partial charge in [-0.2, -0.15) is 0 Å². The lowest BCUT2D eigenvalue weighted by Crippen LogP contribution is -1.84. The maximum atomic E-state index is 4.11. The van der Waals surface area contributed by atoms with Crippen LogP contribution in [0.4, 0.5) is 0 Å². The summed E-state index contributed by atoms with van der Waals surface area (Å²) in [5, 5.41) is 5.17. The first-order chi connectivity index (χ1) is 9.93. The van der Waals surface area contributed by atoms with E-state index in [0.29, 0.717) is 0 Å². The van der Waals surface area contributed by atoms with Gasteiger partial charge < -0.3 is 0 Å². The standard InChI is InChI=1S/C19H13N/c1-2-6-16-15(5-1)13-19(14-9-11-20-12-10-14)18-8-4-3-7-17(16)18/h1-13H. The first-order valence-electron chi connectivity index (χ1n) is 6.74. The van der Waals surface area contributed by atoms with Gasteiger partial charge in [-0.05, 0) is 50.9 Å². The van der Waals surface area contributed by atoms with Crippen molar-refractivity contribution >= 4 is 21.5 Å². The van der Waals surface area contributed by atoms with Gasteiger partial charge in [0.05, 0.1) is 0 Å². The van der Waals surface area contributed by atoms with E-state index in [1.54, 1.807) is 0 Å². The molecule has 0 radical (unpaired) electrons. The molecule has 1 nitrogen and oxygen atoms in total. The van der Waals surface area contributed by atoms with E-state index in [4.69, 9.17) is 0 Å². The van der Waals surface area contributed by atoms with Gasteiger partial charge in [-0.25, -0.2) is 0 Å². The predicted molar refractivity (Wildman–Crippen MR) is 84.7 cm³/mol. The lowest BCUT2D eigenvalue weighted by Gasteiger charge is -2.10. The Morgan fingerprint density at radius 1 is 0.600 bits per heavy atom. The summed E-state index contributed by atoms with van der Waals surface area (Å²) in [4.78, 5) is 4.11. The maximum absolute atomic E-state index is 4.11. The molecule has 0 saturated carbocycles. The molecule has 4 aromatic rings. The van der Waals surface area contributed by atoms with Crippen LogP contribution in [0.2, 0.25) is 0 Å². The van der Waals surface area contributed by atoms with Crippen LogP contribution in [-0.4, -0.2) is 4.98 Å². The van der Waals surface area contributed by atoms with Crippen molar-refractivity contribution in [1.29, 1.82) is 0 Å². The largest absolute Gasteiger partial charge is 0.265 e. The van der Waals surface area contributed by atoms with E-state index in [1.807, 2.05) is 12.4 Å². The van der Waals surface area contributed by atoms with Crippen LogP contribution in [0.15, 0.2) is 79.1 Å². The summed E-state index contributed by atoms with van der Waals surface area (Å²) in [6.45, 7) is 0. The summed E-state index contributed by atoms with van der Waals surface area (Å²) in [7, 11) is 0. The SMILES string of the molecule is c1ccc2c(c1)cc(-c1ccncc1)c1ccccc12. The quantitative estimate of drug-likeness (QED) is 0.433. The van der Waals surface area contributed by atoms with Gasteiger partial charge in [0.2, 0.25) is 0 Å². The highest BCUT2D eigenvalue weighted by molar-refractivity contribution is 6.13. The lowest BCUT2D eigenvalue weighted by atomic mass is 9.94. The molecule has 0 unspecified atom stereocenters. The summed E-state index contributed by atoms with van der Waals surface area (Å²) in [6.07, 6.45) is 3.69. The van der Waals surface area contributed by atoms with Crippen molar-refractivity contribution in [3.05, 3.63) is 79.1 Å². The third kappa shape index (κ3) is 1.68. The maximum Gasteiger partial charge on any atom is 0.0273 e. The molecular formula is C19H13N. The number of hydrogen-bond donors (Lipinski definition) is 0. The average molecular weight is 255 g/mol. The fraction of sp³-hybridized carbons (Fsp3) is 0. The molecule has 4 rings (SSSR count). The monoisotopic (exact) mass is 255 g/mol. The molecule has 1 heteroatoms. The number of nitrogens with zero attached hydrogens (tertiary/aromatic N) is 1. The lowest BCUT2D eigenvalue weighted by molar-refractivity contribution is 1.33. The van der Waals surface area contributed by atoms with Crippen LogP contribution in [0.5, 0.6) is 0 Å². The van der Waals surface area contributed by atoms with Crippen molar-refractivity contribution in [2.75, 3.05) is 0 Å². The first-order valence-corrected chi connectivity index (χ1v) is 6.74. The molecule has 94 valence electrons. The minimum absolute atomic E-state index is 1.21. The van der Waals surface area contributed by atoms with Crippen LogP contribution in [0, 0.1) is 0 Å². The Balaban J connectivity index is 2.19. The zero-order valence-electron chi connectivity index (χ0n) is 11.0. The molecule has 0 amide bonds. The van der Waals surface area contributed by atoms with Crippen LogP contribution in [-0.2, 0) is 0 Å². The Morgan fingerprint density at radius 2 is 1.25 bits per heavy atom. The molecule has 0 aliphatic heterocycles. The van der Waals surface area contributed by atoms with Gasteiger partial charge >= 0.3 is 0 Å². The van der Waals surface area contributed by atoms with Crippen LogP contribution in [0.1, 0.15) is 0 Å². The van der Waals surface area contributed by atoms with E-state index in [2.05, 4.69) is 71.7 Å². The van der Waals surface area contributed by atoms with E-state index in [0.717, 1.165) is 0 Å². The Hall–Kier alpha value is -2.67. The zero-order chi connectivity index (χ0) is 13.4. The molecule has 0 spiro atoms. The topological polar surface area (TPSA) is 12.9 Å². The van der Waals surface area contributed by atoms with Crippen LogP contribution in [0.3, 0.4) is 0 Å². The summed E-state index contributed by atoms with van der Waals surface area (Å²) in [6, 6.07) is 23.5. The zero-order valence-corrected chi connectivity index (χ0v) is 11.0. The highest BCUT2D eigenvalue weighted by Crippen LogP contribution is 2.34. The molecule has 1 heterocycles. The first kappa shape index (κ1) is 11.2. The number of aromatic nitrogens is 1. The van der Waals surface area contributed by atoms with Gasteiger partial charge in [0.25, 0.3) is 0 Å². The highest BCUT2D eigenvalue weighted by Gasteiger charge is 2.07. The van der Waals surface area contributed by atoms with Crippen molar-refractivity contribution < 1.29 is 0 Å². The normalized spacial score (nSPS) is 11.0. The van der Waals surface area contributed by atoms with Crippen molar-refractivity contribution in [2.24, 2.45) is 0 Å². The van der Waals surface area contributed by atoms with Gasteiger partial charge in [-0.15, -0.1) is 0 Å². The van der Waals surface area contributed by atoms with E-state index >= 15 is 0 Å². The summed E-state index contributed by atoms with van der Waals surface area (Å²) < 4.78 is 0. The third-order valence-electron chi connectivity index (χ3n) is 3.76. The van der Waals surface area contributed by atoms with Gasteiger partial charge in [0.1, 0.15) is 0 Å². The Labute approximate surface area is 117 Å². The smallest absolute Gasteiger partial charge is 0.0273 e. The Bertz CT molecular complexity index is 895. The number of fused-ring (bicyclic) bond motifs is 3. The van der Waals surface area contributed by atoms with E-state index in [9.17, 15) is 0 Å². The van der Waals surface area contributed by atoms with E-state index < -0.39 is 0 Å². The summed E-state index contributed by atoms with van der Waals surface area (Å²) in [5.41, 5.74) is 2.48. The van der Waals surface area contributed by atoms with Gasteiger partial charge in [0, 0.05) is 12.4 Å². The average Bonchev–Trinajstić information content (AvgIpc) is 2.55. The fourth-order valence-electron chi connectivity index (χ4n) is 2.82. The van der Waals surface area contributed by atoms with Crippen molar-refractivity contribution in [1.82, 2.24) is 4.98 Å². The third-order valence-corrected chi connectivity index (χ3v) is 3.76. The Kier molecular flexibility index (Phi) is 2.49. The van der Waals surface area contributed by atoms with Gasteiger partial charge in [-0.1, -0.05) is 48.5 Å². The van der Waals surface area contributed by atoms with Crippen LogP contribution < -0.4 is 0 Å². The minimum atomic E-state index is 1.21. The molecule has 0 aliphatic rings. The van der Waals surface area contributed by atoms with Crippen molar-refractivity contribution in [2.45, 2.75) is 0 Å². The number of pyridine rings is 1. The van der Waals surface area contributed by atoms with E-state index in [-0.39, 0.29) is 0 Å². The van der Waals surface area contributed by atoms with Crippen molar-refractivity contribution in [3.63, 3.8) is 0 Å². The van der Waals surface area contributed by atoms with Gasteiger partial charge in [-0.3, -0.25) is 4.98 Å². The van der Waals surface area contributed by atoms with Crippen LogP contribution >= 0.6 is 0 Å². The molecule has 0 bridgehead atoms. The van der Waals surface area contributed by atoms with Crippen LogP contribution in [0.25, 0.3) is 32.7 Å². The molecule has 3 aromatic carbocycles. The number of hydrogen-bond acceptors (Lipinski definition) is 1. The van der Waals surface area contributed by atoms with E-state index in [1.165, 1.54) is 32.7 Å². The molecule has 1 aromatic heterocycles. The predicted octanol–water partition coefficient (Wildman–Crippen LogP) is 5.06. The summed E-state index contributed by atoms with van der Waals surface area (Å²) in [5.74, 6) is 0. The molecule has 0 fully saturated rings. The molecule has 0 atom stereocenters. The fourth-order valence-corrected chi connectivity index (χ4v) is 2.82. The van der Waals surface area contributed by atoms with Gasteiger partial charge in [0.15, 0.2) is 0 Å². The molecule has 20 heavy (non-hydrogen) atoms. The highest BCUT2D eigenvalue weighted by atomic mass is 14.6. The van der Waals surface area contributed by atoms with Crippen molar-refractivity contribution in [3.8, 4) is 11.1 Å². The minimum Gasteiger partial charge on any atom is -0.265 e. The Morgan fingerprint density at radius 3 is 2.05 bits per heavy atom. The molecule has 0 N–H and O–H groups in total. The second-order valence-corrected chi connectivity index (χ2v) is 4.93. The molecule has 0 aliphatic carbocycles. The number of benzene rings is 3. The second kappa shape index (κ2) is 4.46.